The standard InChI is InChI=1S/C18H17FN2O3/c19-14-8-6-13(7-9-14)17(23)18(24)20-10-11-21(16(22)12-20)15-4-2-1-3-5-15/h1-9,17,23H,10-12H2/t17-/m1/s1. The number of para-hydroxylation sites is 1. The topological polar surface area (TPSA) is 60.9 Å². The molecule has 1 heterocycles. The van der Waals surface area contributed by atoms with E-state index in [0.717, 1.165) is 5.69 Å². The highest BCUT2D eigenvalue weighted by molar-refractivity contribution is 5.98. The molecule has 0 aromatic heterocycles. The summed E-state index contributed by atoms with van der Waals surface area (Å²) in [5.74, 6) is -1.19. The number of nitrogens with zero attached hydrogens (tertiary/aromatic N) is 2. The smallest absolute Gasteiger partial charge is 0.256 e. The first-order valence-corrected chi connectivity index (χ1v) is 7.64. The van der Waals surface area contributed by atoms with Gasteiger partial charge in [0.15, 0.2) is 6.10 Å². The van der Waals surface area contributed by atoms with Crippen LogP contribution in [-0.2, 0) is 9.59 Å². The lowest BCUT2D eigenvalue weighted by Crippen LogP contribution is -2.53. The normalized spacial score (nSPS) is 16.2. The van der Waals surface area contributed by atoms with Crippen LogP contribution in [0, 0.1) is 5.82 Å². The maximum Gasteiger partial charge on any atom is 0.256 e. The van der Waals surface area contributed by atoms with Gasteiger partial charge in [0, 0.05) is 18.8 Å². The third-order valence-corrected chi connectivity index (χ3v) is 4.02. The summed E-state index contributed by atoms with van der Waals surface area (Å²) >= 11 is 0. The lowest BCUT2D eigenvalue weighted by molar-refractivity contribution is -0.144. The van der Waals surface area contributed by atoms with Crippen LogP contribution in [0.4, 0.5) is 10.1 Å². The maximum atomic E-state index is 12.9. The van der Waals surface area contributed by atoms with E-state index in [0.29, 0.717) is 18.7 Å². The summed E-state index contributed by atoms with van der Waals surface area (Å²) in [4.78, 5) is 27.6. The number of carbonyl (C=O) groups is 2. The predicted octanol–water partition coefficient (Wildman–Crippen LogP) is 1.73. The summed E-state index contributed by atoms with van der Waals surface area (Å²) in [5.41, 5.74) is 1.09. The van der Waals surface area contributed by atoms with Gasteiger partial charge in [-0.3, -0.25) is 9.59 Å². The van der Waals surface area contributed by atoms with Gasteiger partial charge in [-0.25, -0.2) is 4.39 Å². The molecule has 0 aliphatic carbocycles. The zero-order valence-corrected chi connectivity index (χ0v) is 12.9. The molecule has 0 unspecified atom stereocenters. The van der Waals surface area contributed by atoms with E-state index in [2.05, 4.69) is 0 Å². The van der Waals surface area contributed by atoms with Crippen LogP contribution >= 0.6 is 0 Å². The van der Waals surface area contributed by atoms with Gasteiger partial charge in [0.25, 0.3) is 5.91 Å². The summed E-state index contributed by atoms with van der Waals surface area (Å²) in [5, 5.41) is 10.2. The quantitative estimate of drug-likeness (QED) is 0.933. The highest BCUT2D eigenvalue weighted by atomic mass is 19.1. The van der Waals surface area contributed by atoms with Crippen LogP contribution in [-0.4, -0.2) is 41.5 Å². The fourth-order valence-corrected chi connectivity index (χ4v) is 2.70. The lowest BCUT2D eigenvalue weighted by atomic mass is 10.1. The van der Waals surface area contributed by atoms with E-state index in [1.807, 2.05) is 30.3 Å². The molecule has 5 nitrogen and oxygen atoms in total. The molecular formula is C18H17FN2O3. The SMILES string of the molecule is O=C([C@H](O)c1ccc(F)cc1)N1CCN(c2ccccc2)C(=O)C1. The Kier molecular flexibility index (Phi) is 4.57. The molecule has 1 atom stereocenters. The van der Waals surface area contributed by atoms with Crippen LogP contribution in [0.15, 0.2) is 54.6 Å². The Morgan fingerprint density at radius 3 is 2.33 bits per heavy atom. The Labute approximate surface area is 138 Å². The number of piperazine rings is 1. The average Bonchev–Trinajstić information content (AvgIpc) is 2.62. The van der Waals surface area contributed by atoms with E-state index in [9.17, 15) is 19.1 Å². The molecule has 1 saturated heterocycles. The van der Waals surface area contributed by atoms with Gasteiger partial charge < -0.3 is 14.9 Å². The molecule has 2 amide bonds. The van der Waals surface area contributed by atoms with Crippen molar-refractivity contribution in [1.29, 1.82) is 0 Å². The number of hydrogen-bond donors (Lipinski definition) is 1. The molecule has 1 aliphatic rings. The van der Waals surface area contributed by atoms with Crippen LogP contribution < -0.4 is 4.90 Å². The van der Waals surface area contributed by atoms with Crippen molar-refractivity contribution in [3.8, 4) is 0 Å². The molecule has 6 heteroatoms. The van der Waals surface area contributed by atoms with Crippen molar-refractivity contribution in [1.82, 2.24) is 4.90 Å². The molecule has 24 heavy (non-hydrogen) atoms. The minimum Gasteiger partial charge on any atom is -0.378 e. The number of benzene rings is 2. The number of amides is 2. The molecular weight excluding hydrogens is 311 g/mol. The summed E-state index contributed by atoms with van der Waals surface area (Å²) < 4.78 is 12.9. The van der Waals surface area contributed by atoms with Crippen LogP contribution in [0.5, 0.6) is 0 Å². The third-order valence-electron chi connectivity index (χ3n) is 4.02. The first-order valence-electron chi connectivity index (χ1n) is 7.64. The summed E-state index contributed by atoms with van der Waals surface area (Å²) in [6, 6.07) is 14.3. The largest absolute Gasteiger partial charge is 0.378 e. The molecule has 0 radical (unpaired) electrons. The summed E-state index contributed by atoms with van der Waals surface area (Å²) in [6.07, 6.45) is -1.40. The van der Waals surface area contributed by atoms with Gasteiger partial charge in [-0.1, -0.05) is 30.3 Å². The lowest BCUT2D eigenvalue weighted by Gasteiger charge is -2.35. The Morgan fingerprint density at radius 2 is 1.71 bits per heavy atom. The molecule has 2 aromatic rings. The second-order valence-corrected chi connectivity index (χ2v) is 5.59. The van der Waals surface area contributed by atoms with Crippen LogP contribution in [0.1, 0.15) is 11.7 Å². The van der Waals surface area contributed by atoms with E-state index in [-0.39, 0.29) is 12.5 Å². The molecule has 3 rings (SSSR count). The van der Waals surface area contributed by atoms with E-state index < -0.39 is 17.8 Å². The van der Waals surface area contributed by atoms with Crippen molar-refractivity contribution in [2.75, 3.05) is 24.5 Å². The Morgan fingerprint density at radius 1 is 1.04 bits per heavy atom. The van der Waals surface area contributed by atoms with Crippen molar-refractivity contribution in [2.24, 2.45) is 0 Å². The fraction of sp³-hybridized carbons (Fsp3) is 0.222. The monoisotopic (exact) mass is 328 g/mol. The summed E-state index contributed by atoms with van der Waals surface area (Å²) in [7, 11) is 0. The van der Waals surface area contributed by atoms with Crippen molar-refractivity contribution < 1.29 is 19.1 Å². The number of rotatable bonds is 3. The zero-order valence-electron chi connectivity index (χ0n) is 12.9. The van der Waals surface area contributed by atoms with E-state index in [1.165, 1.54) is 29.2 Å². The fourth-order valence-electron chi connectivity index (χ4n) is 2.70. The van der Waals surface area contributed by atoms with Gasteiger partial charge in [0.2, 0.25) is 5.91 Å². The van der Waals surface area contributed by atoms with E-state index in [4.69, 9.17) is 0 Å². The highest BCUT2D eigenvalue weighted by Gasteiger charge is 2.31. The molecule has 1 aliphatic heterocycles. The third kappa shape index (κ3) is 3.28. The Balaban J connectivity index is 1.68. The van der Waals surface area contributed by atoms with Gasteiger partial charge in [-0.2, -0.15) is 0 Å². The molecule has 124 valence electrons. The molecule has 0 spiro atoms. The van der Waals surface area contributed by atoms with E-state index in [1.54, 1.807) is 4.90 Å². The van der Waals surface area contributed by atoms with Gasteiger partial charge in [0.1, 0.15) is 12.4 Å². The van der Waals surface area contributed by atoms with Crippen molar-refractivity contribution in [3.05, 3.63) is 66.0 Å². The predicted molar refractivity (Wildman–Crippen MR) is 86.7 cm³/mol. The Hall–Kier alpha value is -2.73. The number of aliphatic hydroxyl groups is 1. The Bertz CT molecular complexity index is 734. The molecule has 2 aromatic carbocycles. The first-order chi connectivity index (χ1) is 11.6. The van der Waals surface area contributed by atoms with Gasteiger partial charge >= 0.3 is 0 Å². The van der Waals surface area contributed by atoms with Crippen LogP contribution in [0.2, 0.25) is 0 Å². The van der Waals surface area contributed by atoms with Gasteiger partial charge in [-0.05, 0) is 29.8 Å². The van der Waals surface area contributed by atoms with Crippen molar-refractivity contribution in [3.63, 3.8) is 0 Å². The van der Waals surface area contributed by atoms with Gasteiger partial charge in [-0.15, -0.1) is 0 Å². The minimum absolute atomic E-state index is 0.0913. The van der Waals surface area contributed by atoms with Crippen molar-refractivity contribution >= 4 is 17.5 Å². The molecule has 0 saturated carbocycles. The zero-order chi connectivity index (χ0) is 17.1. The van der Waals surface area contributed by atoms with Crippen LogP contribution in [0.25, 0.3) is 0 Å². The number of hydrogen-bond acceptors (Lipinski definition) is 3. The van der Waals surface area contributed by atoms with Crippen LogP contribution in [0.3, 0.4) is 0 Å². The summed E-state index contributed by atoms with van der Waals surface area (Å²) in [6.45, 7) is 0.606. The number of aliphatic hydroxyl groups excluding tert-OH is 1. The number of carbonyl (C=O) groups excluding carboxylic acids is 2. The first kappa shape index (κ1) is 16.1. The average molecular weight is 328 g/mol. The minimum atomic E-state index is -1.40. The molecule has 1 fully saturated rings. The second-order valence-electron chi connectivity index (χ2n) is 5.59. The highest BCUT2D eigenvalue weighted by Crippen LogP contribution is 2.20. The molecule has 0 bridgehead atoms. The number of anilines is 1. The second kappa shape index (κ2) is 6.80. The maximum absolute atomic E-state index is 12.9. The molecule has 1 N–H and O–H groups in total. The van der Waals surface area contributed by atoms with Gasteiger partial charge in [0.05, 0.1) is 0 Å². The number of halogens is 1. The van der Waals surface area contributed by atoms with Crippen molar-refractivity contribution in [2.45, 2.75) is 6.10 Å². The van der Waals surface area contributed by atoms with E-state index >= 15 is 0 Å².